The highest BCUT2D eigenvalue weighted by molar-refractivity contribution is 5.94. The van der Waals surface area contributed by atoms with Crippen LogP contribution < -0.4 is 14.8 Å². The van der Waals surface area contributed by atoms with E-state index in [1.165, 1.54) is 0 Å². The summed E-state index contributed by atoms with van der Waals surface area (Å²) in [5.74, 6) is 0.930. The molecule has 0 saturated carbocycles. The van der Waals surface area contributed by atoms with Gasteiger partial charge in [0.2, 0.25) is 0 Å². The van der Waals surface area contributed by atoms with Gasteiger partial charge in [-0.25, -0.2) is 4.98 Å². The Hall–Kier alpha value is -3.28. The van der Waals surface area contributed by atoms with Gasteiger partial charge in [0, 0.05) is 24.5 Å². The Balaban J connectivity index is 1.75. The maximum absolute atomic E-state index is 12.5. The summed E-state index contributed by atoms with van der Waals surface area (Å²) >= 11 is 0. The predicted octanol–water partition coefficient (Wildman–Crippen LogP) is 2.82. The third-order valence-electron chi connectivity index (χ3n) is 3.86. The number of imidazole rings is 1. The molecule has 0 spiro atoms. The highest BCUT2D eigenvalue weighted by Gasteiger charge is 2.11. The van der Waals surface area contributed by atoms with Crippen LogP contribution in [0, 0.1) is 0 Å². The summed E-state index contributed by atoms with van der Waals surface area (Å²) in [5.41, 5.74) is 2.49. The zero-order valence-corrected chi connectivity index (χ0v) is 14.1. The summed E-state index contributed by atoms with van der Waals surface area (Å²) in [6, 6.07) is 12.9. The molecule has 0 unspecified atom stereocenters. The molecule has 0 aliphatic carbocycles. The van der Waals surface area contributed by atoms with Crippen molar-refractivity contribution < 1.29 is 14.3 Å². The van der Waals surface area contributed by atoms with Crippen molar-refractivity contribution in [2.45, 2.75) is 6.54 Å². The van der Waals surface area contributed by atoms with Crippen LogP contribution in [0.25, 0.3) is 5.69 Å². The lowest BCUT2D eigenvalue weighted by atomic mass is 10.1. The number of hydrogen-bond acceptors (Lipinski definition) is 4. The van der Waals surface area contributed by atoms with Crippen LogP contribution in [0.1, 0.15) is 15.9 Å². The van der Waals surface area contributed by atoms with E-state index in [1.807, 2.05) is 35.0 Å². The Morgan fingerprint density at radius 3 is 2.64 bits per heavy atom. The van der Waals surface area contributed by atoms with Crippen molar-refractivity contribution in [3.05, 3.63) is 72.3 Å². The van der Waals surface area contributed by atoms with Crippen molar-refractivity contribution in [3.8, 4) is 17.2 Å². The van der Waals surface area contributed by atoms with Gasteiger partial charge in [0.05, 0.1) is 26.2 Å². The lowest BCUT2D eigenvalue weighted by Gasteiger charge is -2.12. The van der Waals surface area contributed by atoms with Gasteiger partial charge in [-0.1, -0.05) is 18.2 Å². The molecule has 1 aromatic heterocycles. The summed E-state index contributed by atoms with van der Waals surface area (Å²) in [4.78, 5) is 16.5. The molecule has 0 fully saturated rings. The Morgan fingerprint density at radius 1 is 1.12 bits per heavy atom. The molecule has 0 saturated heterocycles. The smallest absolute Gasteiger partial charge is 0.251 e. The van der Waals surface area contributed by atoms with Gasteiger partial charge in [0.25, 0.3) is 5.91 Å². The number of hydrogen-bond donors (Lipinski definition) is 1. The number of nitrogens with zero attached hydrogens (tertiary/aromatic N) is 2. The first-order valence-electron chi connectivity index (χ1n) is 7.79. The zero-order valence-electron chi connectivity index (χ0n) is 14.1. The SMILES string of the molecule is COc1ccc(C(=O)NCc2ccccc2-n2ccnc2)cc1OC. The Kier molecular flexibility index (Phi) is 4.99. The quantitative estimate of drug-likeness (QED) is 0.751. The van der Waals surface area contributed by atoms with Crippen LogP contribution in [0.3, 0.4) is 0 Å². The maximum atomic E-state index is 12.5. The van der Waals surface area contributed by atoms with E-state index in [4.69, 9.17) is 9.47 Å². The van der Waals surface area contributed by atoms with Crippen LogP contribution in [-0.2, 0) is 6.54 Å². The standard InChI is InChI=1S/C19H19N3O3/c1-24-17-8-7-14(11-18(17)25-2)19(23)21-12-15-5-3-4-6-16(15)22-10-9-20-13-22/h3-11,13H,12H2,1-2H3,(H,21,23). The number of para-hydroxylation sites is 1. The first-order chi connectivity index (χ1) is 12.2. The molecule has 1 heterocycles. The summed E-state index contributed by atoms with van der Waals surface area (Å²) < 4.78 is 12.3. The van der Waals surface area contributed by atoms with Crippen molar-refractivity contribution in [3.63, 3.8) is 0 Å². The number of carbonyl (C=O) groups is 1. The monoisotopic (exact) mass is 337 g/mol. The molecule has 128 valence electrons. The maximum Gasteiger partial charge on any atom is 0.251 e. The Morgan fingerprint density at radius 2 is 1.92 bits per heavy atom. The molecule has 0 aliphatic heterocycles. The van der Waals surface area contributed by atoms with E-state index in [1.54, 1.807) is 44.9 Å². The molecule has 6 heteroatoms. The summed E-state index contributed by atoms with van der Waals surface area (Å²) in [7, 11) is 3.10. The average molecular weight is 337 g/mol. The number of ether oxygens (including phenoxy) is 2. The van der Waals surface area contributed by atoms with E-state index in [9.17, 15) is 4.79 Å². The molecule has 2 aromatic carbocycles. The predicted molar refractivity (Wildman–Crippen MR) is 94.3 cm³/mol. The van der Waals surface area contributed by atoms with Crippen LogP contribution in [0.2, 0.25) is 0 Å². The highest BCUT2D eigenvalue weighted by Crippen LogP contribution is 2.27. The van der Waals surface area contributed by atoms with Crippen molar-refractivity contribution in [1.29, 1.82) is 0 Å². The third-order valence-corrected chi connectivity index (χ3v) is 3.86. The number of benzene rings is 2. The fraction of sp³-hybridized carbons (Fsp3) is 0.158. The molecule has 1 amide bonds. The van der Waals surface area contributed by atoms with E-state index in [2.05, 4.69) is 10.3 Å². The Bertz CT molecular complexity index is 860. The van der Waals surface area contributed by atoms with Crippen LogP contribution in [0.4, 0.5) is 0 Å². The molecule has 0 radical (unpaired) electrons. The van der Waals surface area contributed by atoms with Crippen molar-refractivity contribution >= 4 is 5.91 Å². The van der Waals surface area contributed by atoms with Gasteiger partial charge in [-0.05, 0) is 29.8 Å². The van der Waals surface area contributed by atoms with Gasteiger partial charge in [-0.15, -0.1) is 0 Å². The lowest BCUT2D eigenvalue weighted by molar-refractivity contribution is 0.0950. The minimum Gasteiger partial charge on any atom is -0.493 e. The van der Waals surface area contributed by atoms with Crippen molar-refractivity contribution in [2.75, 3.05) is 14.2 Å². The summed E-state index contributed by atoms with van der Waals surface area (Å²) in [6.07, 6.45) is 5.32. The molecule has 1 N–H and O–H groups in total. The number of carbonyl (C=O) groups excluding carboxylic acids is 1. The van der Waals surface area contributed by atoms with Crippen LogP contribution in [0.15, 0.2) is 61.2 Å². The van der Waals surface area contributed by atoms with E-state index >= 15 is 0 Å². The van der Waals surface area contributed by atoms with Crippen LogP contribution in [0.5, 0.6) is 11.5 Å². The topological polar surface area (TPSA) is 65.4 Å². The summed E-state index contributed by atoms with van der Waals surface area (Å²) in [5, 5.41) is 2.94. The molecule has 3 rings (SSSR count). The molecule has 25 heavy (non-hydrogen) atoms. The number of aromatic nitrogens is 2. The van der Waals surface area contributed by atoms with Gasteiger partial charge in [0.15, 0.2) is 11.5 Å². The number of nitrogens with one attached hydrogen (secondary N) is 1. The second-order valence-corrected chi connectivity index (χ2v) is 5.35. The van der Waals surface area contributed by atoms with Crippen LogP contribution in [-0.4, -0.2) is 29.7 Å². The van der Waals surface area contributed by atoms with Crippen molar-refractivity contribution in [1.82, 2.24) is 14.9 Å². The number of rotatable bonds is 6. The highest BCUT2D eigenvalue weighted by atomic mass is 16.5. The second kappa shape index (κ2) is 7.53. The molecule has 6 nitrogen and oxygen atoms in total. The summed E-state index contributed by atoms with van der Waals surface area (Å²) in [6.45, 7) is 0.404. The van der Waals surface area contributed by atoms with Crippen LogP contribution >= 0.6 is 0 Å². The molecule has 0 atom stereocenters. The van der Waals surface area contributed by atoms with E-state index in [0.717, 1.165) is 11.3 Å². The third kappa shape index (κ3) is 3.63. The number of methoxy groups -OCH3 is 2. The minimum atomic E-state index is -0.179. The van der Waals surface area contributed by atoms with Gasteiger partial charge in [-0.3, -0.25) is 4.79 Å². The molecular weight excluding hydrogens is 318 g/mol. The van der Waals surface area contributed by atoms with E-state index in [0.29, 0.717) is 23.6 Å². The van der Waals surface area contributed by atoms with E-state index < -0.39 is 0 Å². The molecule has 3 aromatic rings. The minimum absolute atomic E-state index is 0.179. The van der Waals surface area contributed by atoms with Gasteiger partial charge in [0.1, 0.15) is 0 Å². The molecule has 0 aliphatic rings. The van der Waals surface area contributed by atoms with Gasteiger partial charge < -0.3 is 19.4 Å². The molecule has 0 bridgehead atoms. The zero-order chi connectivity index (χ0) is 17.6. The Labute approximate surface area is 146 Å². The normalized spacial score (nSPS) is 10.3. The number of amides is 1. The first-order valence-corrected chi connectivity index (χ1v) is 7.79. The van der Waals surface area contributed by atoms with Gasteiger partial charge in [-0.2, -0.15) is 0 Å². The largest absolute Gasteiger partial charge is 0.493 e. The molecular formula is C19H19N3O3. The van der Waals surface area contributed by atoms with Gasteiger partial charge >= 0.3 is 0 Å². The second-order valence-electron chi connectivity index (χ2n) is 5.35. The fourth-order valence-corrected chi connectivity index (χ4v) is 2.57. The fourth-order valence-electron chi connectivity index (χ4n) is 2.57. The first kappa shape index (κ1) is 16.6. The average Bonchev–Trinajstić information content (AvgIpc) is 3.20. The van der Waals surface area contributed by atoms with E-state index in [-0.39, 0.29) is 5.91 Å². The van der Waals surface area contributed by atoms with Crippen molar-refractivity contribution in [2.24, 2.45) is 0 Å². The lowest BCUT2D eigenvalue weighted by Crippen LogP contribution is -2.23.